The first-order chi connectivity index (χ1) is 13.9. The average Bonchev–Trinajstić information content (AvgIpc) is 3.36. The van der Waals surface area contributed by atoms with Crippen molar-refractivity contribution >= 4 is 11.0 Å². The zero-order chi connectivity index (χ0) is 18.6. The molecule has 0 unspecified atom stereocenters. The molecular formula is C26H18N2. The Morgan fingerprint density at radius 1 is 0.643 bits per heavy atom. The van der Waals surface area contributed by atoms with E-state index >= 15 is 0 Å². The summed E-state index contributed by atoms with van der Waals surface area (Å²) in [6.07, 6.45) is 4.02. The van der Waals surface area contributed by atoms with Gasteiger partial charge in [-0.2, -0.15) is 0 Å². The van der Waals surface area contributed by atoms with Crippen molar-refractivity contribution < 1.29 is 0 Å². The molecule has 0 aliphatic heterocycles. The van der Waals surface area contributed by atoms with Crippen molar-refractivity contribution in [3.63, 3.8) is 0 Å². The quantitative estimate of drug-likeness (QED) is 0.408. The number of aromatic amines is 1. The van der Waals surface area contributed by atoms with Gasteiger partial charge in [0.25, 0.3) is 0 Å². The highest BCUT2D eigenvalue weighted by atomic mass is 14.8. The molecule has 0 spiro atoms. The topological polar surface area (TPSA) is 28.7 Å². The second kappa shape index (κ2) is 5.67. The SMILES string of the molecule is c1ccc(C2(c3ccccc3)c3ccccc3-c3cnc4[nH]ccc4c32)cc1. The Bertz CT molecular complexity index is 1260. The molecule has 132 valence electrons. The zero-order valence-electron chi connectivity index (χ0n) is 15.3. The fraction of sp³-hybridized carbons (Fsp3) is 0.0385. The monoisotopic (exact) mass is 358 g/mol. The normalized spacial score (nSPS) is 14.0. The maximum Gasteiger partial charge on any atom is 0.137 e. The Balaban J connectivity index is 1.88. The van der Waals surface area contributed by atoms with Gasteiger partial charge in [0.15, 0.2) is 0 Å². The van der Waals surface area contributed by atoms with Crippen molar-refractivity contribution in [3.8, 4) is 11.1 Å². The van der Waals surface area contributed by atoms with Crippen LogP contribution < -0.4 is 0 Å². The van der Waals surface area contributed by atoms with Gasteiger partial charge in [-0.3, -0.25) is 0 Å². The molecule has 1 aliphatic carbocycles. The van der Waals surface area contributed by atoms with Crippen LogP contribution in [0.25, 0.3) is 22.2 Å². The molecule has 2 aromatic heterocycles. The van der Waals surface area contributed by atoms with Crippen molar-refractivity contribution in [2.24, 2.45) is 0 Å². The minimum Gasteiger partial charge on any atom is -0.346 e. The molecule has 0 atom stereocenters. The van der Waals surface area contributed by atoms with E-state index in [-0.39, 0.29) is 5.41 Å². The van der Waals surface area contributed by atoms with E-state index in [1.807, 2.05) is 12.4 Å². The first-order valence-corrected chi connectivity index (χ1v) is 9.58. The molecule has 0 saturated carbocycles. The molecule has 2 heteroatoms. The largest absolute Gasteiger partial charge is 0.346 e. The van der Waals surface area contributed by atoms with Crippen LogP contribution in [0.15, 0.2) is 103 Å². The summed E-state index contributed by atoms with van der Waals surface area (Å²) < 4.78 is 0. The average molecular weight is 358 g/mol. The first kappa shape index (κ1) is 15.4. The summed E-state index contributed by atoms with van der Waals surface area (Å²) in [4.78, 5) is 8.01. The van der Waals surface area contributed by atoms with E-state index in [0.717, 1.165) is 5.65 Å². The van der Waals surface area contributed by atoms with E-state index in [0.29, 0.717) is 0 Å². The number of benzene rings is 3. The van der Waals surface area contributed by atoms with Gasteiger partial charge < -0.3 is 4.98 Å². The van der Waals surface area contributed by atoms with Crippen LogP contribution in [-0.4, -0.2) is 9.97 Å². The van der Waals surface area contributed by atoms with E-state index in [1.54, 1.807) is 0 Å². The van der Waals surface area contributed by atoms with Crippen LogP contribution in [0.5, 0.6) is 0 Å². The highest BCUT2D eigenvalue weighted by Gasteiger charge is 2.47. The molecule has 0 bridgehead atoms. The predicted octanol–water partition coefficient (Wildman–Crippen LogP) is 5.93. The molecule has 2 heterocycles. The molecule has 1 aliphatic rings. The number of pyridine rings is 1. The van der Waals surface area contributed by atoms with Crippen LogP contribution in [-0.2, 0) is 5.41 Å². The molecule has 28 heavy (non-hydrogen) atoms. The molecule has 1 N–H and O–H groups in total. The molecule has 5 aromatic rings. The Hall–Kier alpha value is -3.65. The minimum absolute atomic E-state index is 0.363. The summed E-state index contributed by atoms with van der Waals surface area (Å²) >= 11 is 0. The molecule has 0 saturated heterocycles. The Morgan fingerprint density at radius 3 is 2.00 bits per heavy atom. The number of nitrogens with zero attached hydrogens (tertiary/aromatic N) is 1. The smallest absolute Gasteiger partial charge is 0.137 e. The van der Waals surface area contributed by atoms with Crippen molar-refractivity contribution in [2.45, 2.75) is 5.41 Å². The lowest BCUT2D eigenvalue weighted by Gasteiger charge is -2.34. The summed E-state index contributed by atoms with van der Waals surface area (Å²) in [6, 6.07) is 32.6. The van der Waals surface area contributed by atoms with Crippen LogP contribution in [0.1, 0.15) is 22.3 Å². The van der Waals surface area contributed by atoms with Gasteiger partial charge in [0.1, 0.15) is 5.65 Å². The lowest BCUT2D eigenvalue weighted by atomic mass is 9.67. The Kier molecular flexibility index (Phi) is 3.12. The van der Waals surface area contributed by atoms with Crippen molar-refractivity contribution in [3.05, 3.63) is 126 Å². The standard InChI is InChI=1S/C26H18N2/c1-3-9-18(10-4-1)26(19-11-5-2-6-12-19)23-14-8-7-13-20(23)22-17-28-25-21(24(22)26)15-16-27-25/h1-17H,(H,27,28). The molecule has 0 fully saturated rings. The van der Waals surface area contributed by atoms with E-state index in [4.69, 9.17) is 4.98 Å². The van der Waals surface area contributed by atoms with Crippen molar-refractivity contribution in [2.75, 3.05) is 0 Å². The molecule has 0 radical (unpaired) electrons. The number of rotatable bonds is 2. The fourth-order valence-electron chi connectivity index (χ4n) is 4.94. The summed E-state index contributed by atoms with van der Waals surface area (Å²) in [7, 11) is 0. The van der Waals surface area contributed by atoms with E-state index < -0.39 is 0 Å². The van der Waals surface area contributed by atoms with Crippen molar-refractivity contribution in [1.82, 2.24) is 9.97 Å². The van der Waals surface area contributed by atoms with Crippen molar-refractivity contribution in [1.29, 1.82) is 0 Å². The van der Waals surface area contributed by atoms with Gasteiger partial charge in [0.05, 0.1) is 5.41 Å². The number of hydrogen-bond acceptors (Lipinski definition) is 1. The molecule has 2 nitrogen and oxygen atoms in total. The third-order valence-electron chi connectivity index (χ3n) is 6.00. The van der Waals surface area contributed by atoms with Gasteiger partial charge in [-0.05, 0) is 33.9 Å². The molecule has 3 aromatic carbocycles. The van der Waals surface area contributed by atoms with Crippen LogP contribution in [0, 0.1) is 0 Å². The first-order valence-electron chi connectivity index (χ1n) is 9.58. The number of aromatic nitrogens is 2. The number of H-pyrrole nitrogens is 1. The van der Waals surface area contributed by atoms with Gasteiger partial charge in [-0.25, -0.2) is 4.98 Å². The second-order valence-electron chi connectivity index (χ2n) is 7.31. The van der Waals surface area contributed by atoms with Crippen LogP contribution >= 0.6 is 0 Å². The van der Waals surface area contributed by atoms with E-state index in [2.05, 4.69) is 96.0 Å². The molecule has 0 amide bonds. The fourth-order valence-corrected chi connectivity index (χ4v) is 4.94. The highest BCUT2D eigenvalue weighted by molar-refractivity contribution is 5.97. The number of fused-ring (bicyclic) bond motifs is 5. The van der Waals surface area contributed by atoms with Crippen LogP contribution in [0.3, 0.4) is 0 Å². The summed E-state index contributed by atoms with van der Waals surface area (Å²) in [5, 5.41) is 1.18. The molecular weight excluding hydrogens is 340 g/mol. The third kappa shape index (κ3) is 1.84. The lowest BCUT2D eigenvalue weighted by Crippen LogP contribution is -2.28. The van der Waals surface area contributed by atoms with Crippen LogP contribution in [0.4, 0.5) is 0 Å². The summed E-state index contributed by atoms with van der Waals surface area (Å²) in [6.45, 7) is 0. The summed E-state index contributed by atoms with van der Waals surface area (Å²) in [5.74, 6) is 0. The van der Waals surface area contributed by atoms with Crippen LogP contribution in [0.2, 0.25) is 0 Å². The van der Waals surface area contributed by atoms with E-state index in [1.165, 1.54) is 38.8 Å². The Morgan fingerprint density at radius 2 is 1.29 bits per heavy atom. The maximum atomic E-state index is 4.71. The number of hydrogen-bond donors (Lipinski definition) is 1. The van der Waals surface area contributed by atoms with Gasteiger partial charge in [0.2, 0.25) is 0 Å². The van der Waals surface area contributed by atoms with Gasteiger partial charge in [0, 0.05) is 23.3 Å². The van der Waals surface area contributed by atoms with Gasteiger partial charge in [-0.1, -0.05) is 84.9 Å². The minimum atomic E-state index is -0.363. The molecule has 6 rings (SSSR count). The maximum absolute atomic E-state index is 4.71. The van der Waals surface area contributed by atoms with Gasteiger partial charge in [-0.15, -0.1) is 0 Å². The highest BCUT2D eigenvalue weighted by Crippen LogP contribution is 2.57. The predicted molar refractivity (Wildman–Crippen MR) is 113 cm³/mol. The van der Waals surface area contributed by atoms with E-state index in [9.17, 15) is 0 Å². The lowest BCUT2D eigenvalue weighted by molar-refractivity contribution is 0.775. The second-order valence-corrected chi connectivity index (χ2v) is 7.31. The Labute approximate surface area is 163 Å². The number of nitrogens with one attached hydrogen (secondary N) is 1. The zero-order valence-corrected chi connectivity index (χ0v) is 15.3. The van der Waals surface area contributed by atoms with Gasteiger partial charge >= 0.3 is 0 Å². The third-order valence-corrected chi connectivity index (χ3v) is 6.00. The summed E-state index contributed by atoms with van der Waals surface area (Å²) in [5.41, 5.74) is 8.24.